The number of anilines is 2. The van der Waals surface area contributed by atoms with E-state index in [9.17, 15) is 14.4 Å². The average molecular weight is 392 g/mol. The molecule has 8 nitrogen and oxygen atoms in total. The summed E-state index contributed by atoms with van der Waals surface area (Å²) in [4.78, 5) is 39.3. The van der Waals surface area contributed by atoms with Gasteiger partial charge >= 0.3 is 11.1 Å². The van der Waals surface area contributed by atoms with Gasteiger partial charge in [-0.05, 0) is 31.2 Å². The third-order valence-corrected chi connectivity index (χ3v) is 4.75. The lowest BCUT2D eigenvalue weighted by Gasteiger charge is -2.18. The largest absolute Gasteiger partial charge is 0.494 e. The molecule has 0 saturated heterocycles. The van der Waals surface area contributed by atoms with Crippen molar-refractivity contribution < 1.29 is 9.53 Å². The predicted octanol–water partition coefficient (Wildman–Crippen LogP) is 1.84. The number of ether oxygens (including phenoxy) is 1. The van der Waals surface area contributed by atoms with Crippen molar-refractivity contribution in [3.05, 3.63) is 80.9 Å². The topological polar surface area (TPSA) is 86.4 Å². The summed E-state index contributed by atoms with van der Waals surface area (Å²) in [6.45, 7) is 3.06. The van der Waals surface area contributed by atoms with E-state index in [1.165, 1.54) is 4.57 Å². The van der Waals surface area contributed by atoms with Gasteiger partial charge in [-0.15, -0.1) is 5.10 Å². The fourth-order valence-corrected chi connectivity index (χ4v) is 3.32. The molecule has 1 aromatic heterocycles. The standard InChI is InChI=1S/C21H20N4O4/c1-2-29-17-10-8-16(9-11-17)23-12-13-24-19(27)20(28)25(22-21(23)24)14-18(26)15-6-4-3-5-7-15/h3-11H,2,12-14H2,1H3. The molecular formula is C21H20N4O4. The first-order valence-electron chi connectivity index (χ1n) is 9.39. The van der Waals surface area contributed by atoms with Crippen LogP contribution in [0.1, 0.15) is 17.3 Å². The van der Waals surface area contributed by atoms with E-state index in [2.05, 4.69) is 5.10 Å². The fourth-order valence-electron chi connectivity index (χ4n) is 3.32. The summed E-state index contributed by atoms with van der Waals surface area (Å²) in [5.74, 6) is 0.814. The number of carbonyl (C=O) groups excluding carboxylic acids is 1. The van der Waals surface area contributed by atoms with Gasteiger partial charge in [-0.3, -0.25) is 19.0 Å². The number of nitrogens with zero attached hydrogens (tertiary/aromatic N) is 4. The highest BCUT2D eigenvalue weighted by Gasteiger charge is 2.26. The molecule has 3 aromatic rings. The number of hydrogen-bond donors (Lipinski definition) is 0. The minimum atomic E-state index is -0.799. The summed E-state index contributed by atoms with van der Waals surface area (Å²) < 4.78 is 7.76. The van der Waals surface area contributed by atoms with Gasteiger partial charge in [0.1, 0.15) is 12.3 Å². The van der Waals surface area contributed by atoms with Crippen LogP contribution in [0.25, 0.3) is 0 Å². The van der Waals surface area contributed by atoms with Gasteiger partial charge in [-0.1, -0.05) is 30.3 Å². The van der Waals surface area contributed by atoms with E-state index in [0.29, 0.717) is 31.2 Å². The highest BCUT2D eigenvalue weighted by molar-refractivity contribution is 5.95. The summed E-state index contributed by atoms with van der Waals surface area (Å²) in [5.41, 5.74) is -0.188. The summed E-state index contributed by atoms with van der Waals surface area (Å²) in [6, 6.07) is 16.1. The molecule has 148 valence electrons. The number of Topliss-reactive ketones (excluding diaryl/α,β-unsaturated/α-hetero) is 1. The van der Waals surface area contributed by atoms with Crippen LogP contribution in [0.3, 0.4) is 0 Å². The lowest BCUT2D eigenvalue weighted by atomic mass is 10.1. The number of rotatable bonds is 6. The van der Waals surface area contributed by atoms with Gasteiger partial charge < -0.3 is 9.64 Å². The Morgan fingerprint density at radius 3 is 2.41 bits per heavy atom. The van der Waals surface area contributed by atoms with Crippen molar-refractivity contribution >= 4 is 17.4 Å². The summed E-state index contributed by atoms with van der Waals surface area (Å²) in [7, 11) is 0. The van der Waals surface area contributed by atoms with Crippen molar-refractivity contribution in [1.29, 1.82) is 0 Å². The van der Waals surface area contributed by atoms with E-state index in [-0.39, 0.29) is 12.3 Å². The average Bonchev–Trinajstić information content (AvgIpc) is 3.17. The first kappa shape index (κ1) is 18.7. The second-order valence-electron chi connectivity index (χ2n) is 6.59. The molecule has 0 bridgehead atoms. The number of hydrogen-bond acceptors (Lipinski definition) is 6. The van der Waals surface area contributed by atoms with Crippen molar-refractivity contribution in [3.63, 3.8) is 0 Å². The third-order valence-electron chi connectivity index (χ3n) is 4.75. The van der Waals surface area contributed by atoms with Crippen molar-refractivity contribution in [2.75, 3.05) is 18.1 Å². The van der Waals surface area contributed by atoms with E-state index >= 15 is 0 Å². The first-order chi connectivity index (χ1) is 14.1. The van der Waals surface area contributed by atoms with Crippen LogP contribution in [-0.4, -0.2) is 33.3 Å². The zero-order chi connectivity index (χ0) is 20.4. The van der Waals surface area contributed by atoms with E-state index < -0.39 is 11.1 Å². The second-order valence-corrected chi connectivity index (χ2v) is 6.59. The molecule has 0 aliphatic carbocycles. The number of benzene rings is 2. The Morgan fingerprint density at radius 1 is 1.00 bits per heavy atom. The second kappa shape index (κ2) is 7.75. The molecule has 4 rings (SSSR count). The summed E-state index contributed by atoms with van der Waals surface area (Å²) in [5, 5.41) is 4.34. The third kappa shape index (κ3) is 3.56. The maximum Gasteiger partial charge on any atom is 0.333 e. The highest BCUT2D eigenvalue weighted by Crippen LogP contribution is 2.28. The van der Waals surface area contributed by atoms with Crippen LogP contribution in [0.2, 0.25) is 0 Å². The Balaban J connectivity index is 1.68. The Bertz CT molecular complexity index is 1150. The van der Waals surface area contributed by atoms with Crippen LogP contribution in [0, 0.1) is 0 Å². The number of fused-ring (bicyclic) bond motifs is 1. The molecule has 1 aliphatic rings. The minimum absolute atomic E-state index is 0.282. The van der Waals surface area contributed by atoms with Gasteiger partial charge in [0.05, 0.1) is 6.61 Å². The molecule has 2 heterocycles. The smallest absolute Gasteiger partial charge is 0.333 e. The Hall–Kier alpha value is -3.68. The normalized spacial score (nSPS) is 12.7. The molecule has 8 heteroatoms. The quantitative estimate of drug-likeness (QED) is 0.470. The van der Waals surface area contributed by atoms with Crippen LogP contribution in [-0.2, 0) is 13.1 Å². The molecule has 29 heavy (non-hydrogen) atoms. The van der Waals surface area contributed by atoms with Crippen molar-refractivity contribution in [1.82, 2.24) is 14.3 Å². The number of carbonyl (C=O) groups is 1. The van der Waals surface area contributed by atoms with Crippen molar-refractivity contribution in [3.8, 4) is 5.75 Å². The van der Waals surface area contributed by atoms with Crippen LogP contribution in [0.4, 0.5) is 11.6 Å². The Morgan fingerprint density at radius 2 is 1.72 bits per heavy atom. The zero-order valence-electron chi connectivity index (χ0n) is 15.9. The molecule has 0 saturated carbocycles. The van der Waals surface area contributed by atoms with Gasteiger partial charge in [-0.2, -0.15) is 0 Å². The molecule has 0 amide bonds. The summed E-state index contributed by atoms with van der Waals surface area (Å²) in [6.07, 6.45) is 0. The minimum Gasteiger partial charge on any atom is -0.494 e. The van der Waals surface area contributed by atoms with Crippen LogP contribution < -0.4 is 20.8 Å². The highest BCUT2D eigenvalue weighted by atomic mass is 16.5. The first-order valence-corrected chi connectivity index (χ1v) is 9.39. The van der Waals surface area contributed by atoms with Gasteiger partial charge in [0.25, 0.3) is 0 Å². The maximum absolute atomic E-state index is 12.5. The van der Waals surface area contributed by atoms with Gasteiger partial charge in [-0.25, -0.2) is 4.68 Å². The molecule has 1 aliphatic heterocycles. The van der Waals surface area contributed by atoms with Crippen molar-refractivity contribution in [2.45, 2.75) is 20.0 Å². The monoisotopic (exact) mass is 392 g/mol. The Labute approximate surface area is 166 Å². The molecule has 0 spiro atoms. The number of ketones is 1. The number of aromatic nitrogens is 3. The SMILES string of the molecule is CCOc1ccc(N2CCn3c2nn(CC(=O)c2ccccc2)c(=O)c3=O)cc1. The molecule has 0 fully saturated rings. The lowest BCUT2D eigenvalue weighted by molar-refractivity contribution is 0.0965. The molecular weight excluding hydrogens is 372 g/mol. The molecule has 0 unspecified atom stereocenters. The maximum atomic E-state index is 12.5. The zero-order valence-corrected chi connectivity index (χ0v) is 15.9. The predicted molar refractivity (Wildman–Crippen MR) is 108 cm³/mol. The molecule has 0 atom stereocenters. The van der Waals surface area contributed by atoms with Crippen LogP contribution in [0.15, 0.2) is 64.2 Å². The van der Waals surface area contributed by atoms with E-state index in [0.717, 1.165) is 16.1 Å². The molecule has 2 aromatic carbocycles. The molecule has 0 radical (unpaired) electrons. The fraction of sp³-hybridized carbons (Fsp3) is 0.238. The van der Waals surface area contributed by atoms with E-state index in [4.69, 9.17) is 4.74 Å². The van der Waals surface area contributed by atoms with Gasteiger partial charge in [0, 0.05) is 24.3 Å². The molecule has 0 N–H and O–H groups in total. The lowest BCUT2D eigenvalue weighted by Crippen LogP contribution is -2.43. The van der Waals surface area contributed by atoms with Crippen LogP contribution >= 0.6 is 0 Å². The van der Waals surface area contributed by atoms with Gasteiger partial charge in [0.15, 0.2) is 5.78 Å². The van der Waals surface area contributed by atoms with Crippen molar-refractivity contribution in [2.24, 2.45) is 0 Å². The van der Waals surface area contributed by atoms with E-state index in [1.54, 1.807) is 30.3 Å². The van der Waals surface area contributed by atoms with Gasteiger partial charge in [0.2, 0.25) is 5.95 Å². The Kier molecular flexibility index (Phi) is 4.99. The van der Waals surface area contributed by atoms with Crippen LogP contribution in [0.5, 0.6) is 5.75 Å². The van der Waals surface area contributed by atoms with E-state index in [1.807, 2.05) is 36.1 Å². The summed E-state index contributed by atoms with van der Waals surface area (Å²) >= 11 is 0.